The fraction of sp³-hybridized carbons (Fsp3) is 0.0556. The van der Waals surface area contributed by atoms with Crippen molar-refractivity contribution in [2.45, 2.75) is 10.9 Å². The number of fused-ring (bicyclic) bond motifs is 1. The Morgan fingerprint density at radius 1 is 1.21 bits per heavy atom. The average molecular weight is 410 g/mol. The first-order valence-electron chi connectivity index (χ1n) is 8.41. The van der Waals surface area contributed by atoms with Crippen molar-refractivity contribution in [1.82, 2.24) is 30.0 Å². The third kappa shape index (κ3) is 3.31. The van der Waals surface area contributed by atoms with Crippen molar-refractivity contribution in [2.75, 3.05) is 0 Å². The fourth-order valence-corrected chi connectivity index (χ4v) is 3.43. The minimum atomic E-state index is -0.365. The Morgan fingerprint density at radius 2 is 2.07 bits per heavy atom. The molecule has 0 aliphatic heterocycles. The molecule has 5 aromatic rings. The van der Waals surface area contributed by atoms with E-state index < -0.39 is 0 Å². The number of aromatic nitrogens is 6. The largest absolute Gasteiger partial charge is 0.463 e. The molecular formula is C18H11FN6O3S. The van der Waals surface area contributed by atoms with E-state index in [1.165, 1.54) is 34.7 Å². The molecule has 0 atom stereocenters. The van der Waals surface area contributed by atoms with Gasteiger partial charge in [0.15, 0.2) is 5.76 Å². The molecule has 0 saturated heterocycles. The normalized spacial score (nSPS) is 11.3. The van der Waals surface area contributed by atoms with Gasteiger partial charge >= 0.3 is 0 Å². The second kappa shape index (κ2) is 7.02. The van der Waals surface area contributed by atoms with Crippen molar-refractivity contribution < 1.29 is 13.3 Å². The number of H-pyrrole nitrogens is 1. The fourth-order valence-electron chi connectivity index (χ4n) is 2.69. The summed E-state index contributed by atoms with van der Waals surface area (Å²) in [5.41, 5.74) is 1.14. The van der Waals surface area contributed by atoms with E-state index in [4.69, 9.17) is 8.94 Å². The molecule has 4 heterocycles. The molecule has 0 radical (unpaired) electrons. The summed E-state index contributed by atoms with van der Waals surface area (Å²) in [7, 11) is 0. The van der Waals surface area contributed by atoms with Gasteiger partial charge in [0.2, 0.25) is 16.9 Å². The molecule has 0 aliphatic rings. The van der Waals surface area contributed by atoms with Crippen molar-refractivity contribution >= 4 is 17.3 Å². The highest BCUT2D eigenvalue weighted by Crippen LogP contribution is 2.24. The second-order valence-electron chi connectivity index (χ2n) is 5.95. The molecule has 1 N–H and O–H groups in total. The third-order valence-electron chi connectivity index (χ3n) is 4.05. The quantitative estimate of drug-likeness (QED) is 0.439. The van der Waals surface area contributed by atoms with Crippen molar-refractivity contribution in [3.63, 3.8) is 0 Å². The lowest BCUT2D eigenvalue weighted by Crippen LogP contribution is -2.13. The third-order valence-corrected chi connectivity index (χ3v) is 4.96. The van der Waals surface area contributed by atoms with Crippen LogP contribution in [-0.4, -0.2) is 30.0 Å². The van der Waals surface area contributed by atoms with Gasteiger partial charge in [-0.1, -0.05) is 16.9 Å². The van der Waals surface area contributed by atoms with Gasteiger partial charge in [-0.3, -0.25) is 4.79 Å². The van der Waals surface area contributed by atoms with E-state index in [9.17, 15) is 9.18 Å². The molecule has 4 aromatic heterocycles. The zero-order chi connectivity index (χ0) is 19.8. The molecule has 144 valence electrons. The molecule has 0 fully saturated rings. The van der Waals surface area contributed by atoms with Crippen LogP contribution in [0.3, 0.4) is 0 Å². The van der Waals surface area contributed by atoms with E-state index in [0.29, 0.717) is 45.2 Å². The monoisotopic (exact) mass is 410 g/mol. The van der Waals surface area contributed by atoms with Crippen LogP contribution in [0.5, 0.6) is 0 Å². The molecule has 9 nitrogen and oxygen atoms in total. The molecular weight excluding hydrogens is 399 g/mol. The number of thioether (sulfide) groups is 1. The molecule has 11 heteroatoms. The summed E-state index contributed by atoms with van der Waals surface area (Å²) >= 11 is 1.27. The number of hydrogen-bond donors (Lipinski definition) is 1. The van der Waals surface area contributed by atoms with Gasteiger partial charge in [0.1, 0.15) is 17.0 Å². The molecule has 29 heavy (non-hydrogen) atoms. The van der Waals surface area contributed by atoms with Crippen LogP contribution in [0.15, 0.2) is 67.6 Å². The first kappa shape index (κ1) is 17.4. The Morgan fingerprint density at radius 3 is 2.86 bits per heavy atom. The van der Waals surface area contributed by atoms with E-state index in [2.05, 4.69) is 25.4 Å². The maximum Gasteiger partial charge on any atom is 0.290 e. The molecule has 0 amide bonds. The number of rotatable bonds is 5. The van der Waals surface area contributed by atoms with Gasteiger partial charge in [-0.2, -0.15) is 10.1 Å². The minimum Gasteiger partial charge on any atom is -0.463 e. The molecule has 0 spiro atoms. The van der Waals surface area contributed by atoms with Crippen molar-refractivity contribution in [3.05, 3.63) is 70.8 Å². The number of nitrogens with one attached hydrogen (secondary N) is 1. The molecule has 1 aromatic carbocycles. The summed E-state index contributed by atoms with van der Waals surface area (Å²) in [6.45, 7) is 0. The van der Waals surface area contributed by atoms with Crippen LogP contribution in [-0.2, 0) is 5.75 Å². The Hall–Kier alpha value is -3.73. The van der Waals surface area contributed by atoms with Crippen molar-refractivity contribution in [3.8, 4) is 22.8 Å². The van der Waals surface area contributed by atoms with E-state index in [1.54, 1.807) is 30.3 Å². The van der Waals surface area contributed by atoms with E-state index in [-0.39, 0.29) is 11.4 Å². The van der Waals surface area contributed by atoms with Gasteiger partial charge in [-0.05, 0) is 36.4 Å². The molecule has 0 bridgehead atoms. The topological polar surface area (TPSA) is 115 Å². The zero-order valence-corrected chi connectivity index (χ0v) is 15.4. The lowest BCUT2D eigenvalue weighted by Gasteiger charge is -2.00. The Bertz CT molecular complexity index is 1340. The molecule has 0 aliphatic carbocycles. The Kier molecular flexibility index (Phi) is 4.21. The lowest BCUT2D eigenvalue weighted by molar-refractivity contribution is 0.391. The summed E-state index contributed by atoms with van der Waals surface area (Å²) in [6.07, 6.45) is 1.53. The summed E-state index contributed by atoms with van der Waals surface area (Å²) in [5, 5.41) is 15.3. The van der Waals surface area contributed by atoms with Crippen LogP contribution in [0.1, 0.15) is 5.89 Å². The summed E-state index contributed by atoms with van der Waals surface area (Å²) < 4.78 is 25.1. The average Bonchev–Trinajstić information content (AvgIpc) is 3.48. The van der Waals surface area contributed by atoms with Crippen molar-refractivity contribution in [2.24, 2.45) is 0 Å². The van der Waals surface area contributed by atoms with Crippen LogP contribution in [0.2, 0.25) is 0 Å². The highest BCUT2D eigenvalue weighted by atomic mass is 32.2. The summed E-state index contributed by atoms with van der Waals surface area (Å²) in [4.78, 5) is 16.4. The van der Waals surface area contributed by atoms with E-state index in [1.807, 2.05) is 0 Å². The maximum absolute atomic E-state index is 13.0. The zero-order valence-electron chi connectivity index (χ0n) is 14.6. The molecule has 0 unspecified atom stereocenters. The van der Waals surface area contributed by atoms with E-state index >= 15 is 0 Å². The van der Waals surface area contributed by atoms with Gasteiger partial charge in [-0.25, -0.2) is 14.0 Å². The van der Waals surface area contributed by atoms with Gasteiger partial charge in [-0.15, -0.1) is 5.10 Å². The van der Waals surface area contributed by atoms with Gasteiger partial charge in [0, 0.05) is 11.6 Å². The predicted octanol–water partition coefficient (Wildman–Crippen LogP) is 3.16. The van der Waals surface area contributed by atoms with Crippen LogP contribution in [0.25, 0.3) is 28.4 Å². The SMILES string of the molecule is O=c1[nH]nc(SCc2nc(-c3ccc(F)cc3)no2)n2nc(-c3ccco3)cc12. The number of benzene rings is 1. The molecule has 0 saturated carbocycles. The predicted molar refractivity (Wildman–Crippen MR) is 101 cm³/mol. The van der Waals surface area contributed by atoms with Crippen LogP contribution in [0, 0.1) is 5.82 Å². The number of halogens is 1. The number of hydrogen-bond acceptors (Lipinski definition) is 8. The second-order valence-corrected chi connectivity index (χ2v) is 6.89. The first-order chi connectivity index (χ1) is 14.2. The Balaban J connectivity index is 1.40. The van der Waals surface area contributed by atoms with Gasteiger partial charge in [0.25, 0.3) is 5.56 Å². The highest BCUT2D eigenvalue weighted by molar-refractivity contribution is 7.98. The standard InChI is InChI=1S/C18H11FN6O3S/c19-11-5-3-10(4-6-11)16-20-15(28-24-16)9-29-18-22-21-17(26)13-8-12(23-25(13)18)14-2-1-7-27-14/h1-8H,9H2,(H,21,26). The summed E-state index contributed by atoms with van der Waals surface area (Å²) in [6, 6.07) is 10.9. The minimum absolute atomic E-state index is 0.304. The first-order valence-corrected chi connectivity index (χ1v) is 9.39. The smallest absolute Gasteiger partial charge is 0.290 e. The number of nitrogens with zero attached hydrogens (tertiary/aromatic N) is 5. The van der Waals surface area contributed by atoms with Crippen molar-refractivity contribution in [1.29, 1.82) is 0 Å². The van der Waals surface area contributed by atoms with Gasteiger partial charge in [0.05, 0.1) is 12.0 Å². The molecule has 5 rings (SSSR count). The number of aromatic amines is 1. The lowest BCUT2D eigenvalue weighted by atomic mass is 10.2. The maximum atomic E-state index is 13.0. The van der Waals surface area contributed by atoms with Gasteiger partial charge < -0.3 is 8.94 Å². The van der Waals surface area contributed by atoms with Crippen LogP contribution in [0.4, 0.5) is 4.39 Å². The number of furan rings is 1. The Labute approximate surface area is 165 Å². The van der Waals surface area contributed by atoms with Crippen LogP contribution >= 0.6 is 11.8 Å². The highest BCUT2D eigenvalue weighted by Gasteiger charge is 2.15. The van der Waals surface area contributed by atoms with E-state index in [0.717, 1.165) is 0 Å². The van der Waals surface area contributed by atoms with Crippen LogP contribution < -0.4 is 5.56 Å². The summed E-state index contributed by atoms with van der Waals surface area (Å²) in [5.74, 6) is 1.23.